The monoisotopic (exact) mass is 383 g/mol. The molecule has 0 fully saturated rings. The topological polar surface area (TPSA) is 4.93 Å². The standard InChI is InChI=1S/C29H21N/c1-20-15-17-28(24-12-6-5-11-23(20)24)30-27-14-8-7-13-25(27)26-19-22(16-18-29(26)30)21-9-3-2-4-10-21/h2-19H,1H3. The molecule has 30 heavy (non-hydrogen) atoms. The van der Waals surface area contributed by atoms with Crippen molar-refractivity contribution in [3.05, 3.63) is 115 Å². The molecule has 0 atom stereocenters. The van der Waals surface area contributed by atoms with Gasteiger partial charge in [0.1, 0.15) is 0 Å². The van der Waals surface area contributed by atoms with Crippen molar-refractivity contribution in [2.45, 2.75) is 6.92 Å². The Balaban J connectivity index is 1.72. The van der Waals surface area contributed by atoms with Gasteiger partial charge in [-0.25, -0.2) is 0 Å². The molecule has 1 heteroatoms. The smallest absolute Gasteiger partial charge is 0.0541 e. The molecule has 0 aliphatic heterocycles. The summed E-state index contributed by atoms with van der Waals surface area (Å²) in [5, 5.41) is 5.17. The summed E-state index contributed by atoms with van der Waals surface area (Å²) < 4.78 is 2.42. The number of rotatable bonds is 2. The molecule has 5 aromatic carbocycles. The average molecular weight is 383 g/mol. The van der Waals surface area contributed by atoms with Crippen molar-refractivity contribution in [1.29, 1.82) is 0 Å². The predicted molar refractivity (Wildman–Crippen MR) is 128 cm³/mol. The fraction of sp³-hybridized carbons (Fsp3) is 0.0345. The van der Waals surface area contributed by atoms with Crippen LogP contribution in [0, 0.1) is 6.92 Å². The van der Waals surface area contributed by atoms with Crippen molar-refractivity contribution in [3.8, 4) is 16.8 Å². The first-order valence-electron chi connectivity index (χ1n) is 10.4. The molecule has 0 amide bonds. The molecular weight excluding hydrogens is 362 g/mol. The van der Waals surface area contributed by atoms with E-state index in [0.717, 1.165) is 0 Å². The molecule has 142 valence electrons. The minimum atomic E-state index is 1.23. The third kappa shape index (κ3) is 2.49. The van der Waals surface area contributed by atoms with Crippen LogP contribution in [0.1, 0.15) is 5.56 Å². The van der Waals surface area contributed by atoms with Crippen LogP contribution in [-0.2, 0) is 0 Å². The summed E-state index contributed by atoms with van der Waals surface area (Å²) in [4.78, 5) is 0. The number of nitrogens with zero attached hydrogens (tertiary/aromatic N) is 1. The second-order valence-corrected chi connectivity index (χ2v) is 7.90. The first-order chi connectivity index (χ1) is 14.8. The van der Waals surface area contributed by atoms with Gasteiger partial charge in [0.05, 0.1) is 16.7 Å². The fourth-order valence-electron chi connectivity index (χ4n) is 4.67. The summed E-state index contributed by atoms with van der Waals surface area (Å²) in [5.41, 5.74) is 7.52. The zero-order valence-electron chi connectivity index (χ0n) is 16.8. The molecular formula is C29H21N. The summed E-state index contributed by atoms with van der Waals surface area (Å²) >= 11 is 0. The van der Waals surface area contributed by atoms with Crippen molar-refractivity contribution < 1.29 is 0 Å². The minimum absolute atomic E-state index is 1.23. The van der Waals surface area contributed by atoms with Gasteiger partial charge in [0.25, 0.3) is 0 Å². The van der Waals surface area contributed by atoms with E-state index in [2.05, 4.69) is 121 Å². The molecule has 0 aliphatic carbocycles. The predicted octanol–water partition coefficient (Wildman–Crippen LogP) is 7.91. The van der Waals surface area contributed by atoms with Crippen LogP contribution in [0.25, 0.3) is 49.4 Å². The second kappa shape index (κ2) is 6.60. The van der Waals surface area contributed by atoms with Gasteiger partial charge in [-0.3, -0.25) is 0 Å². The van der Waals surface area contributed by atoms with E-state index in [9.17, 15) is 0 Å². The number of hydrogen-bond donors (Lipinski definition) is 0. The van der Waals surface area contributed by atoms with E-state index in [1.165, 1.54) is 55.0 Å². The van der Waals surface area contributed by atoms with E-state index >= 15 is 0 Å². The average Bonchev–Trinajstić information content (AvgIpc) is 3.14. The molecule has 0 unspecified atom stereocenters. The second-order valence-electron chi connectivity index (χ2n) is 7.90. The van der Waals surface area contributed by atoms with Crippen LogP contribution >= 0.6 is 0 Å². The zero-order valence-corrected chi connectivity index (χ0v) is 16.8. The lowest BCUT2D eigenvalue weighted by Gasteiger charge is -2.13. The molecule has 0 bridgehead atoms. The van der Waals surface area contributed by atoms with Crippen LogP contribution in [0.5, 0.6) is 0 Å². The van der Waals surface area contributed by atoms with Gasteiger partial charge in [-0.05, 0) is 53.3 Å². The highest BCUT2D eigenvalue weighted by Crippen LogP contribution is 2.37. The van der Waals surface area contributed by atoms with Crippen LogP contribution < -0.4 is 0 Å². The number of para-hydroxylation sites is 1. The Morgan fingerprint density at radius 1 is 0.467 bits per heavy atom. The van der Waals surface area contributed by atoms with Crippen molar-refractivity contribution in [2.75, 3.05) is 0 Å². The fourth-order valence-corrected chi connectivity index (χ4v) is 4.67. The third-order valence-electron chi connectivity index (χ3n) is 6.14. The Bertz CT molecular complexity index is 1540. The van der Waals surface area contributed by atoms with E-state index in [1.54, 1.807) is 0 Å². The van der Waals surface area contributed by atoms with Crippen LogP contribution in [0.3, 0.4) is 0 Å². The van der Waals surface area contributed by atoms with Crippen molar-refractivity contribution in [2.24, 2.45) is 0 Å². The summed E-state index contributed by atoms with van der Waals surface area (Å²) in [7, 11) is 0. The summed E-state index contributed by atoms with van der Waals surface area (Å²) in [6, 6.07) is 39.4. The molecule has 0 N–H and O–H groups in total. The normalized spacial score (nSPS) is 11.5. The molecule has 1 nitrogen and oxygen atoms in total. The number of aryl methyl sites for hydroxylation is 1. The van der Waals surface area contributed by atoms with Crippen LogP contribution in [0.15, 0.2) is 109 Å². The lowest BCUT2D eigenvalue weighted by Crippen LogP contribution is -1.96. The van der Waals surface area contributed by atoms with Crippen molar-refractivity contribution >= 4 is 32.6 Å². The van der Waals surface area contributed by atoms with E-state index in [4.69, 9.17) is 0 Å². The van der Waals surface area contributed by atoms with Gasteiger partial charge in [0, 0.05) is 16.2 Å². The molecule has 6 aromatic rings. The molecule has 0 spiro atoms. The van der Waals surface area contributed by atoms with E-state index in [0.29, 0.717) is 0 Å². The molecule has 0 radical (unpaired) electrons. The first kappa shape index (κ1) is 17.1. The first-order valence-corrected chi connectivity index (χ1v) is 10.4. The lowest BCUT2D eigenvalue weighted by atomic mass is 10.0. The maximum atomic E-state index is 2.42. The van der Waals surface area contributed by atoms with Crippen LogP contribution in [0.2, 0.25) is 0 Å². The van der Waals surface area contributed by atoms with Gasteiger partial charge in [-0.2, -0.15) is 0 Å². The molecule has 6 rings (SSSR count). The minimum Gasteiger partial charge on any atom is -0.309 e. The van der Waals surface area contributed by atoms with Gasteiger partial charge in [0.15, 0.2) is 0 Å². The van der Waals surface area contributed by atoms with E-state index < -0.39 is 0 Å². The van der Waals surface area contributed by atoms with Gasteiger partial charge >= 0.3 is 0 Å². The number of benzene rings is 5. The van der Waals surface area contributed by atoms with Crippen molar-refractivity contribution in [1.82, 2.24) is 4.57 Å². The lowest BCUT2D eigenvalue weighted by molar-refractivity contribution is 1.19. The van der Waals surface area contributed by atoms with E-state index in [-0.39, 0.29) is 0 Å². The van der Waals surface area contributed by atoms with Gasteiger partial charge < -0.3 is 4.57 Å². The number of aromatic nitrogens is 1. The summed E-state index contributed by atoms with van der Waals surface area (Å²) in [6.45, 7) is 2.18. The zero-order chi connectivity index (χ0) is 20.1. The summed E-state index contributed by atoms with van der Waals surface area (Å²) in [6.07, 6.45) is 0. The van der Waals surface area contributed by atoms with Crippen LogP contribution in [-0.4, -0.2) is 4.57 Å². The number of hydrogen-bond acceptors (Lipinski definition) is 0. The van der Waals surface area contributed by atoms with Gasteiger partial charge in [-0.15, -0.1) is 0 Å². The molecule has 0 saturated heterocycles. The Kier molecular flexibility index (Phi) is 3.75. The highest BCUT2D eigenvalue weighted by Gasteiger charge is 2.15. The largest absolute Gasteiger partial charge is 0.309 e. The summed E-state index contributed by atoms with van der Waals surface area (Å²) in [5.74, 6) is 0. The Morgan fingerprint density at radius 3 is 1.97 bits per heavy atom. The maximum absolute atomic E-state index is 2.42. The Labute approximate surface area is 175 Å². The maximum Gasteiger partial charge on any atom is 0.0541 e. The van der Waals surface area contributed by atoms with Gasteiger partial charge in [-0.1, -0.05) is 84.9 Å². The quantitative estimate of drug-likeness (QED) is 0.286. The van der Waals surface area contributed by atoms with Gasteiger partial charge in [0.2, 0.25) is 0 Å². The highest BCUT2D eigenvalue weighted by atomic mass is 15.0. The Hall–Kier alpha value is -3.84. The molecule has 0 aliphatic rings. The molecule has 1 aromatic heterocycles. The third-order valence-corrected chi connectivity index (χ3v) is 6.14. The van der Waals surface area contributed by atoms with Crippen LogP contribution in [0.4, 0.5) is 0 Å². The van der Waals surface area contributed by atoms with E-state index in [1.807, 2.05) is 0 Å². The number of fused-ring (bicyclic) bond motifs is 4. The highest BCUT2D eigenvalue weighted by molar-refractivity contribution is 6.11. The van der Waals surface area contributed by atoms with Crippen molar-refractivity contribution in [3.63, 3.8) is 0 Å². The molecule has 1 heterocycles. The Morgan fingerprint density at radius 2 is 1.13 bits per heavy atom. The SMILES string of the molecule is Cc1ccc(-n2c3ccccc3c3cc(-c4ccccc4)ccc32)c2ccccc12. The molecule has 0 saturated carbocycles.